The highest BCUT2D eigenvalue weighted by atomic mass is 32.2. The Morgan fingerprint density at radius 1 is 1.04 bits per heavy atom. The van der Waals surface area contributed by atoms with Gasteiger partial charge in [0.05, 0.1) is 6.04 Å². The van der Waals surface area contributed by atoms with Gasteiger partial charge in [-0.1, -0.05) is 42.5 Å². The van der Waals surface area contributed by atoms with Crippen LogP contribution in [0.4, 0.5) is 0 Å². The number of rotatable bonds is 6. The fraction of sp³-hybridized carbons (Fsp3) is 0.368. The van der Waals surface area contributed by atoms with Crippen molar-refractivity contribution in [1.29, 1.82) is 0 Å². The lowest BCUT2D eigenvalue weighted by Gasteiger charge is -2.26. The van der Waals surface area contributed by atoms with Crippen LogP contribution in [0.5, 0.6) is 5.75 Å². The Bertz CT molecular complexity index is 593. The minimum atomic E-state index is -1.08. The van der Waals surface area contributed by atoms with E-state index in [4.69, 9.17) is 4.74 Å². The summed E-state index contributed by atoms with van der Waals surface area (Å²) in [7, 11) is 0. The molecule has 0 radical (unpaired) electrons. The monoisotopic (exact) mass is 331 g/mol. The number of nitrogens with one attached hydrogen (secondary N) is 1. The van der Waals surface area contributed by atoms with Gasteiger partial charge in [0.15, 0.2) is 0 Å². The maximum atomic E-state index is 12.1. The molecule has 2 aromatic carbocycles. The third-order valence-corrected chi connectivity index (χ3v) is 5.15. The Balaban J connectivity index is 1.91. The van der Waals surface area contributed by atoms with E-state index in [9.17, 15) is 4.55 Å². The Hall–Kier alpha value is -1.49. The molecule has 0 amide bonds. The van der Waals surface area contributed by atoms with Gasteiger partial charge in [-0.15, -0.1) is 4.72 Å². The van der Waals surface area contributed by atoms with E-state index in [0.29, 0.717) is 6.61 Å². The van der Waals surface area contributed by atoms with Gasteiger partial charge in [-0.2, -0.15) is 0 Å². The van der Waals surface area contributed by atoms with Crippen LogP contribution in [0.2, 0.25) is 0 Å². The first kappa shape index (κ1) is 17.9. The Kier molecular flexibility index (Phi) is 6.10. The zero-order valence-electron chi connectivity index (χ0n) is 14.2. The molecule has 0 saturated heterocycles. The summed E-state index contributed by atoms with van der Waals surface area (Å²) in [6.07, 6.45) is 0. The van der Waals surface area contributed by atoms with E-state index in [1.807, 2.05) is 82.3 Å². The Morgan fingerprint density at radius 3 is 2.22 bits per heavy atom. The third kappa shape index (κ3) is 5.57. The lowest BCUT2D eigenvalue weighted by atomic mass is 10.1. The molecule has 2 rings (SSSR count). The first-order chi connectivity index (χ1) is 10.9. The SMILES string of the molecule is C[C@H](N[S+]([O-])C(C)(C)C)c1ccc(OCc2ccccc2)cc1. The summed E-state index contributed by atoms with van der Waals surface area (Å²) in [5, 5.41) is 0. The van der Waals surface area contributed by atoms with Crippen LogP contribution in [-0.4, -0.2) is 9.30 Å². The van der Waals surface area contributed by atoms with Crippen molar-refractivity contribution in [3.05, 3.63) is 65.7 Å². The van der Waals surface area contributed by atoms with Crippen molar-refractivity contribution >= 4 is 11.4 Å². The van der Waals surface area contributed by atoms with Gasteiger partial charge < -0.3 is 9.29 Å². The molecule has 0 saturated carbocycles. The molecule has 2 aromatic rings. The molecule has 0 spiro atoms. The molecule has 4 heteroatoms. The van der Waals surface area contributed by atoms with Crippen molar-refractivity contribution in [3.8, 4) is 5.75 Å². The van der Waals surface area contributed by atoms with E-state index in [1.165, 1.54) is 0 Å². The van der Waals surface area contributed by atoms with Crippen molar-refractivity contribution in [1.82, 2.24) is 4.72 Å². The molecule has 0 fully saturated rings. The fourth-order valence-electron chi connectivity index (χ4n) is 2.00. The Labute approximate surface area is 142 Å². The van der Waals surface area contributed by atoms with Crippen LogP contribution in [0.15, 0.2) is 54.6 Å². The van der Waals surface area contributed by atoms with Crippen LogP contribution in [0.25, 0.3) is 0 Å². The van der Waals surface area contributed by atoms with Gasteiger partial charge in [0, 0.05) is 11.4 Å². The highest BCUT2D eigenvalue weighted by Gasteiger charge is 2.28. The van der Waals surface area contributed by atoms with Gasteiger partial charge >= 0.3 is 0 Å². The highest BCUT2D eigenvalue weighted by molar-refractivity contribution is 7.90. The van der Waals surface area contributed by atoms with Gasteiger partial charge in [0.2, 0.25) is 0 Å². The van der Waals surface area contributed by atoms with Crippen molar-refractivity contribution in [2.75, 3.05) is 0 Å². The minimum Gasteiger partial charge on any atom is -0.598 e. The van der Waals surface area contributed by atoms with Gasteiger partial charge in [-0.3, -0.25) is 0 Å². The number of ether oxygens (including phenoxy) is 1. The first-order valence-electron chi connectivity index (χ1n) is 7.81. The molecule has 1 unspecified atom stereocenters. The van der Waals surface area contributed by atoms with E-state index in [2.05, 4.69) is 4.72 Å². The van der Waals surface area contributed by atoms with Crippen LogP contribution in [0.1, 0.15) is 44.9 Å². The van der Waals surface area contributed by atoms with Crippen LogP contribution in [0, 0.1) is 0 Å². The molecule has 0 bridgehead atoms. The van der Waals surface area contributed by atoms with Crippen LogP contribution in [-0.2, 0) is 18.0 Å². The summed E-state index contributed by atoms with van der Waals surface area (Å²) < 4.78 is 20.8. The van der Waals surface area contributed by atoms with Gasteiger partial charge in [0.25, 0.3) is 0 Å². The molecule has 2 atom stereocenters. The van der Waals surface area contributed by atoms with E-state index in [-0.39, 0.29) is 10.8 Å². The summed E-state index contributed by atoms with van der Waals surface area (Å²) in [6.45, 7) is 8.46. The molecule has 124 valence electrons. The van der Waals surface area contributed by atoms with Crippen molar-refractivity contribution in [2.24, 2.45) is 0 Å². The van der Waals surface area contributed by atoms with Crippen molar-refractivity contribution in [3.63, 3.8) is 0 Å². The lowest BCUT2D eigenvalue weighted by Crippen LogP contribution is -2.40. The molecule has 0 aromatic heterocycles. The fourth-order valence-corrected chi connectivity index (χ4v) is 2.81. The summed E-state index contributed by atoms with van der Waals surface area (Å²) in [5.74, 6) is 0.835. The zero-order chi connectivity index (χ0) is 16.9. The molecular formula is C19H25NO2S. The zero-order valence-corrected chi connectivity index (χ0v) is 15.0. The van der Waals surface area contributed by atoms with E-state index < -0.39 is 11.4 Å². The quantitative estimate of drug-likeness (QED) is 0.799. The molecule has 0 aliphatic rings. The predicted molar refractivity (Wildman–Crippen MR) is 96.7 cm³/mol. The number of benzene rings is 2. The lowest BCUT2D eigenvalue weighted by molar-refractivity contribution is 0.306. The third-order valence-electron chi connectivity index (χ3n) is 3.47. The summed E-state index contributed by atoms with van der Waals surface area (Å²) >= 11 is -1.08. The smallest absolute Gasteiger partial charge is 0.136 e. The molecular weight excluding hydrogens is 306 g/mol. The number of hydrogen-bond acceptors (Lipinski definition) is 3. The minimum absolute atomic E-state index is 0.0261. The molecule has 23 heavy (non-hydrogen) atoms. The molecule has 1 N–H and O–H groups in total. The average Bonchev–Trinajstić information content (AvgIpc) is 2.53. The van der Waals surface area contributed by atoms with Crippen LogP contribution >= 0.6 is 0 Å². The second-order valence-corrected chi connectivity index (χ2v) is 8.56. The van der Waals surface area contributed by atoms with Gasteiger partial charge in [-0.05, 0) is 51.0 Å². The molecule has 0 heterocycles. The maximum Gasteiger partial charge on any atom is 0.136 e. The first-order valence-corrected chi connectivity index (χ1v) is 8.96. The summed E-state index contributed by atoms with van der Waals surface area (Å²) in [4.78, 5) is 0. The van der Waals surface area contributed by atoms with Crippen molar-refractivity contribution < 1.29 is 9.29 Å². The molecule has 3 nitrogen and oxygen atoms in total. The second kappa shape index (κ2) is 7.86. The average molecular weight is 331 g/mol. The number of hydrogen-bond donors (Lipinski definition) is 1. The largest absolute Gasteiger partial charge is 0.598 e. The molecule has 0 aliphatic heterocycles. The predicted octanol–water partition coefficient (Wildman–Crippen LogP) is 4.38. The van der Waals surface area contributed by atoms with Gasteiger partial charge in [-0.25, -0.2) is 0 Å². The highest BCUT2D eigenvalue weighted by Crippen LogP contribution is 2.22. The normalized spacial score (nSPS) is 14.3. The summed E-state index contributed by atoms with van der Waals surface area (Å²) in [5.41, 5.74) is 2.24. The maximum absolute atomic E-state index is 12.1. The van der Waals surface area contributed by atoms with Crippen LogP contribution in [0.3, 0.4) is 0 Å². The van der Waals surface area contributed by atoms with E-state index in [1.54, 1.807) is 0 Å². The topological polar surface area (TPSA) is 44.3 Å². The Morgan fingerprint density at radius 2 is 1.65 bits per heavy atom. The summed E-state index contributed by atoms with van der Waals surface area (Å²) in [6, 6.07) is 18.1. The van der Waals surface area contributed by atoms with Crippen molar-refractivity contribution in [2.45, 2.75) is 45.1 Å². The van der Waals surface area contributed by atoms with Crippen LogP contribution < -0.4 is 9.46 Å². The second-order valence-electron chi connectivity index (χ2n) is 6.56. The van der Waals surface area contributed by atoms with Gasteiger partial charge in [0.1, 0.15) is 17.1 Å². The van der Waals surface area contributed by atoms with E-state index >= 15 is 0 Å². The standard InChI is InChI=1S/C19H25NO2S/c1-15(20-23(21)19(2,3)4)17-10-12-18(13-11-17)22-14-16-8-6-5-7-9-16/h5-13,15,20H,14H2,1-4H3/t15-,23?/m0/s1. The molecule has 0 aliphatic carbocycles. The van der Waals surface area contributed by atoms with E-state index in [0.717, 1.165) is 16.9 Å².